The second-order valence-electron chi connectivity index (χ2n) is 4.92. The second kappa shape index (κ2) is 4.60. The van der Waals surface area contributed by atoms with Crippen LogP contribution in [0.4, 0.5) is 0 Å². The molecule has 2 rings (SSSR count). The van der Waals surface area contributed by atoms with Crippen molar-refractivity contribution in [1.82, 2.24) is 4.90 Å². The molecule has 1 fully saturated rings. The molecule has 0 bridgehead atoms. The van der Waals surface area contributed by atoms with E-state index in [1.54, 1.807) is 0 Å². The fourth-order valence-electron chi connectivity index (χ4n) is 2.57. The first kappa shape index (κ1) is 11.7. The van der Waals surface area contributed by atoms with Crippen LogP contribution in [0, 0.1) is 13.8 Å². The first-order chi connectivity index (χ1) is 7.58. The number of aryl methyl sites for hydroxylation is 2. The van der Waals surface area contributed by atoms with Gasteiger partial charge in [-0.15, -0.1) is 0 Å². The Hall–Kier alpha value is -0.800. The Morgan fingerprint density at radius 1 is 1.38 bits per heavy atom. The lowest BCUT2D eigenvalue weighted by atomic mass is 10.0. The maximum atomic E-state index is 5.92. The lowest BCUT2D eigenvalue weighted by Crippen LogP contribution is -2.40. The number of furan rings is 1. The Morgan fingerprint density at radius 2 is 2.00 bits per heavy atom. The summed E-state index contributed by atoms with van der Waals surface area (Å²) in [5.41, 5.74) is 7.25. The van der Waals surface area contributed by atoms with Crippen LogP contribution in [0.25, 0.3) is 0 Å². The molecule has 0 aliphatic carbocycles. The van der Waals surface area contributed by atoms with Crippen LogP contribution in [-0.4, -0.2) is 24.0 Å². The van der Waals surface area contributed by atoms with E-state index >= 15 is 0 Å². The molecule has 0 spiro atoms. The summed E-state index contributed by atoms with van der Waals surface area (Å²) < 4.78 is 5.60. The van der Waals surface area contributed by atoms with E-state index in [4.69, 9.17) is 10.2 Å². The molecule has 2 heterocycles. The van der Waals surface area contributed by atoms with Crippen molar-refractivity contribution in [3.63, 3.8) is 0 Å². The second-order valence-corrected chi connectivity index (χ2v) is 4.92. The van der Waals surface area contributed by atoms with Gasteiger partial charge in [-0.25, -0.2) is 0 Å². The predicted molar refractivity (Wildman–Crippen MR) is 65.4 cm³/mol. The molecule has 1 aromatic heterocycles. The van der Waals surface area contributed by atoms with Crippen LogP contribution in [0.2, 0.25) is 0 Å². The maximum Gasteiger partial charge on any atom is 0.105 e. The largest absolute Gasteiger partial charge is 0.466 e. The molecule has 1 unspecified atom stereocenters. The molecule has 1 aliphatic heterocycles. The summed E-state index contributed by atoms with van der Waals surface area (Å²) >= 11 is 0. The average molecular weight is 222 g/mol. The first-order valence-corrected chi connectivity index (χ1v) is 6.14. The van der Waals surface area contributed by atoms with Crippen LogP contribution in [0.3, 0.4) is 0 Å². The van der Waals surface area contributed by atoms with Gasteiger partial charge in [0.2, 0.25) is 0 Å². The summed E-state index contributed by atoms with van der Waals surface area (Å²) in [5, 5.41) is 0. The third-order valence-corrected chi connectivity index (χ3v) is 3.65. The molecule has 1 aliphatic rings. The van der Waals surface area contributed by atoms with Crippen LogP contribution < -0.4 is 5.73 Å². The normalized spacial score (nSPS) is 21.2. The highest BCUT2D eigenvalue weighted by molar-refractivity contribution is 5.23. The van der Waals surface area contributed by atoms with Crippen molar-refractivity contribution in [2.24, 2.45) is 5.73 Å². The van der Waals surface area contributed by atoms with Crippen LogP contribution in [0.1, 0.15) is 42.9 Å². The van der Waals surface area contributed by atoms with E-state index in [-0.39, 0.29) is 0 Å². The number of hydrogen-bond donors (Lipinski definition) is 1. The number of nitrogens with zero attached hydrogens (tertiary/aromatic N) is 1. The molecular formula is C13H22N2O. The van der Waals surface area contributed by atoms with E-state index in [1.165, 1.54) is 5.56 Å². The number of likely N-dealkylation sites (tertiary alicyclic amines) is 1. The highest BCUT2D eigenvalue weighted by Gasteiger charge is 2.23. The van der Waals surface area contributed by atoms with E-state index in [0.717, 1.165) is 37.5 Å². The lowest BCUT2D eigenvalue weighted by Gasteiger charge is -2.34. The fraction of sp³-hybridized carbons (Fsp3) is 0.692. The highest BCUT2D eigenvalue weighted by atomic mass is 16.3. The molecule has 1 saturated heterocycles. The quantitative estimate of drug-likeness (QED) is 0.835. The van der Waals surface area contributed by atoms with Gasteiger partial charge in [0, 0.05) is 30.7 Å². The topological polar surface area (TPSA) is 42.4 Å². The minimum absolute atomic E-state index is 0.399. The van der Waals surface area contributed by atoms with Crippen molar-refractivity contribution in [3.8, 4) is 0 Å². The number of rotatable bonds is 2. The van der Waals surface area contributed by atoms with Crippen molar-refractivity contribution < 1.29 is 4.42 Å². The molecular weight excluding hydrogens is 200 g/mol. The zero-order valence-corrected chi connectivity index (χ0v) is 10.5. The monoisotopic (exact) mass is 222 g/mol. The summed E-state index contributed by atoms with van der Waals surface area (Å²) in [6.07, 6.45) is 2.22. The summed E-state index contributed by atoms with van der Waals surface area (Å²) in [7, 11) is 0. The van der Waals surface area contributed by atoms with Crippen molar-refractivity contribution in [1.29, 1.82) is 0 Å². The summed E-state index contributed by atoms with van der Waals surface area (Å²) in [5.74, 6) is 2.06. The first-order valence-electron chi connectivity index (χ1n) is 6.14. The molecule has 0 aromatic carbocycles. The van der Waals surface area contributed by atoms with E-state index in [2.05, 4.69) is 24.8 Å². The van der Waals surface area contributed by atoms with E-state index in [1.807, 2.05) is 6.92 Å². The van der Waals surface area contributed by atoms with Crippen LogP contribution in [0.15, 0.2) is 10.5 Å². The molecule has 2 N–H and O–H groups in total. The standard InChI is InChI=1S/C13H22N2O/c1-9-8-13(11(3)16-9)10(2)15-6-4-12(14)5-7-15/h8,10,12H,4-7,14H2,1-3H3. The van der Waals surface area contributed by atoms with Gasteiger partial charge in [-0.05, 0) is 39.7 Å². The van der Waals surface area contributed by atoms with Gasteiger partial charge in [0.25, 0.3) is 0 Å². The minimum atomic E-state index is 0.399. The Labute approximate surface area is 97.6 Å². The molecule has 0 radical (unpaired) electrons. The zero-order chi connectivity index (χ0) is 11.7. The molecule has 90 valence electrons. The third-order valence-electron chi connectivity index (χ3n) is 3.65. The van der Waals surface area contributed by atoms with Gasteiger partial charge in [-0.1, -0.05) is 0 Å². The maximum absolute atomic E-state index is 5.92. The van der Waals surface area contributed by atoms with Crippen molar-refractivity contribution in [2.75, 3.05) is 13.1 Å². The van der Waals surface area contributed by atoms with Gasteiger partial charge in [0.1, 0.15) is 11.5 Å². The average Bonchev–Trinajstić information content (AvgIpc) is 2.58. The van der Waals surface area contributed by atoms with Crippen molar-refractivity contribution in [2.45, 2.75) is 45.7 Å². The number of nitrogens with two attached hydrogens (primary N) is 1. The van der Waals surface area contributed by atoms with Gasteiger partial charge in [-0.2, -0.15) is 0 Å². The Morgan fingerprint density at radius 3 is 2.50 bits per heavy atom. The zero-order valence-electron chi connectivity index (χ0n) is 10.5. The highest BCUT2D eigenvalue weighted by Crippen LogP contribution is 2.28. The number of hydrogen-bond acceptors (Lipinski definition) is 3. The third kappa shape index (κ3) is 2.30. The minimum Gasteiger partial charge on any atom is -0.466 e. The fourth-order valence-corrected chi connectivity index (χ4v) is 2.57. The van der Waals surface area contributed by atoms with Gasteiger partial charge < -0.3 is 10.2 Å². The van der Waals surface area contributed by atoms with Gasteiger partial charge >= 0.3 is 0 Å². The van der Waals surface area contributed by atoms with Crippen LogP contribution in [-0.2, 0) is 0 Å². The van der Waals surface area contributed by atoms with Gasteiger partial charge in [0.15, 0.2) is 0 Å². The smallest absolute Gasteiger partial charge is 0.105 e. The van der Waals surface area contributed by atoms with Crippen LogP contribution >= 0.6 is 0 Å². The molecule has 3 nitrogen and oxygen atoms in total. The Balaban J connectivity index is 2.07. The van der Waals surface area contributed by atoms with E-state index < -0.39 is 0 Å². The summed E-state index contributed by atoms with van der Waals surface area (Å²) in [4.78, 5) is 2.50. The van der Waals surface area contributed by atoms with Crippen LogP contribution in [0.5, 0.6) is 0 Å². The Kier molecular flexibility index (Phi) is 3.36. The van der Waals surface area contributed by atoms with Gasteiger partial charge in [0.05, 0.1) is 0 Å². The van der Waals surface area contributed by atoms with E-state index in [9.17, 15) is 0 Å². The Bertz CT molecular complexity index is 351. The predicted octanol–water partition coefficient (Wildman–Crippen LogP) is 2.38. The molecule has 16 heavy (non-hydrogen) atoms. The molecule has 1 atom stereocenters. The molecule has 0 amide bonds. The lowest BCUT2D eigenvalue weighted by molar-refractivity contribution is 0.162. The molecule has 1 aromatic rings. The number of piperidine rings is 1. The van der Waals surface area contributed by atoms with Gasteiger partial charge in [-0.3, -0.25) is 4.90 Å². The summed E-state index contributed by atoms with van der Waals surface area (Å²) in [6, 6.07) is 3.01. The summed E-state index contributed by atoms with van der Waals surface area (Å²) in [6.45, 7) is 8.52. The van der Waals surface area contributed by atoms with Crippen molar-refractivity contribution >= 4 is 0 Å². The molecule has 0 saturated carbocycles. The van der Waals surface area contributed by atoms with E-state index in [0.29, 0.717) is 12.1 Å². The molecule has 3 heteroatoms. The SMILES string of the molecule is Cc1cc(C(C)N2CCC(N)CC2)c(C)o1. The van der Waals surface area contributed by atoms with Crippen molar-refractivity contribution in [3.05, 3.63) is 23.2 Å².